The van der Waals surface area contributed by atoms with Gasteiger partial charge in [-0.1, -0.05) is 0 Å². The van der Waals surface area contributed by atoms with E-state index >= 15 is 0 Å². The third-order valence-electron chi connectivity index (χ3n) is 5.48. The summed E-state index contributed by atoms with van der Waals surface area (Å²) in [4.78, 5) is 29.2. The number of anilines is 1. The zero-order valence-electron chi connectivity index (χ0n) is 16.9. The van der Waals surface area contributed by atoms with E-state index in [1.807, 2.05) is 17.0 Å². The number of Topliss-reactive ketones (excluding diaryl/α,β-unsaturated/α-hetero) is 1. The summed E-state index contributed by atoms with van der Waals surface area (Å²) in [5, 5.41) is 9.41. The van der Waals surface area contributed by atoms with Crippen LogP contribution in [0, 0.1) is 0 Å². The van der Waals surface area contributed by atoms with Gasteiger partial charge in [0.25, 0.3) is 0 Å². The highest BCUT2D eigenvalue weighted by Crippen LogP contribution is 2.31. The first-order chi connectivity index (χ1) is 14.6. The molecule has 2 aliphatic rings. The van der Waals surface area contributed by atoms with Gasteiger partial charge in [-0.15, -0.1) is 0 Å². The number of ketones is 1. The van der Waals surface area contributed by atoms with E-state index in [9.17, 15) is 14.7 Å². The van der Waals surface area contributed by atoms with Gasteiger partial charge in [-0.3, -0.25) is 9.59 Å². The molecule has 4 rings (SSSR count). The van der Waals surface area contributed by atoms with Crippen molar-refractivity contribution in [2.24, 2.45) is 0 Å². The maximum atomic E-state index is 12.6. The second kappa shape index (κ2) is 9.07. The van der Waals surface area contributed by atoms with Crippen LogP contribution in [0.1, 0.15) is 29.6 Å². The molecule has 1 saturated heterocycles. The molecule has 2 aromatic carbocycles. The van der Waals surface area contributed by atoms with Crippen molar-refractivity contribution < 1.29 is 24.2 Å². The molecule has 2 aliphatic heterocycles. The van der Waals surface area contributed by atoms with Gasteiger partial charge in [-0.2, -0.15) is 0 Å². The number of carbonyl (C=O) groups excluding carboxylic acids is 2. The molecule has 1 N–H and O–H groups in total. The second-order valence-corrected chi connectivity index (χ2v) is 7.52. The molecule has 7 heteroatoms. The Morgan fingerprint density at radius 3 is 2.30 bits per heavy atom. The molecule has 0 aliphatic carbocycles. The van der Waals surface area contributed by atoms with E-state index in [2.05, 4.69) is 4.90 Å². The molecular weight excluding hydrogens is 384 g/mol. The van der Waals surface area contributed by atoms with Crippen LogP contribution in [0.15, 0.2) is 42.5 Å². The number of amides is 1. The summed E-state index contributed by atoms with van der Waals surface area (Å²) in [6.45, 7) is 3.88. The summed E-state index contributed by atoms with van der Waals surface area (Å²) in [5.41, 5.74) is 1.58. The number of carbonyl (C=O) groups is 2. The van der Waals surface area contributed by atoms with Gasteiger partial charge in [0, 0.05) is 56.7 Å². The van der Waals surface area contributed by atoms with Crippen LogP contribution < -0.4 is 14.4 Å². The topological polar surface area (TPSA) is 79.3 Å². The van der Waals surface area contributed by atoms with Crippen molar-refractivity contribution in [2.45, 2.75) is 19.3 Å². The Balaban J connectivity index is 1.27. The summed E-state index contributed by atoms with van der Waals surface area (Å²) in [5.74, 6) is 1.43. The summed E-state index contributed by atoms with van der Waals surface area (Å²) in [6.07, 6.45) is 1.19. The van der Waals surface area contributed by atoms with Crippen LogP contribution in [0.2, 0.25) is 0 Å². The van der Waals surface area contributed by atoms with E-state index in [4.69, 9.17) is 9.47 Å². The van der Waals surface area contributed by atoms with Gasteiger partial charge in [-0.25, -0.2) is 0 Å². The number of rotatable bonds is 5. The number of ether oxygens (including phenoxy) is 2. The molecule has 158 valence electrons. The van der Waals surface area contributed by atoms with Gasteiger partial charge in [0.05, 0.1) is 13.2 Å². The predicted octanol–water partition coefficient (Wildman–Crippen LogP) is 2.87. The first-order valence-corrected chi connectivity index (χ1v) is 10.3. The quantitative estimate of drug-likeness (QED) is 0.764. The lowest BCUT2D eigenvalue weighted by Gasteiger charge is -2.36. The number of phenolic OH excluding ortho intramolecular Hbond substituents is 1. The molecule has 2 aromatic rings. The standard InChI is InChI=1S/C23H26N2O5/c26-19-5-3-18(4-6-19)24-10-12-25(13-11-24)23(28)9-7-20(27)17-2-8-21-22(16-17)30-15-1-14-29-21/h2-6,8,16,26H,1,7,9-15H2. The average Bonchev–Trinajstić information content (AvgIpc) is 3.03. The number of piperazine rings is 1. The highest BCUT2D eigenvalue weighted by atomic mass is 16.5. The average molecular weight is 410 g/mol. The molecule has 0 unspecified atom stereocenters. The third-order valence-corrected chi connectivity index (χ3v) is 5.48. The number of hydrogen-bond donors (Lipinski definition) is 1. The predicted molar refractivity (Wildman–Crippen MR) is 113 cm³/mol. The number of benzene rings is 2. The van der Waals surface area contributed by atoms with E-state index in [0.29, 0.717) is 43.4 Å². The third kappa shape index (κ3) is 4.67. The molecule has 30 heavy (non-hydrogen) atoms. The van der Waals surface area contributed by atoms with Crippen LogP contribution in [-0.2, 0) is 4.79 Å². The van der Waals surface area contributed by atoms with Gasteiger partial charge >= 0.3 is 0 Å². The van der Waals surface area contributed by atoms with Crippen molar-refractivity contribution in [3.8, 4) is 17.2 Å². The van der Waals surface area contributed by atoms with Crippen molar-refractivity contribution in [2.75, 3.05) is 44.3 Å². The van der Waals surface area contributed by atoms with Crippen LogP contribution in [-0.4, -0.2) is 61.1 Å². The van der Waals surface area contributed by atoms with Crippen LogP contribution in [0.5, 0.6) is 17.2 Å². The SMILES string of the molecule is O=C(CCC(=O)N1CCN(c2ccc(O)cc2)CC1)c1ccc2c(c1)OCCCO2. The highest BCUT2D eigenvalue weighted by molar-refractivity contribution is 5.98. The van der Waals surface area contributed by atoms with Crippen molar-refractivity contribution >= 4 is 17.4 Å². The van der Waals surface area contributed by atoms with E-state index in [-0.39, 0.29) is 30.3 Å². The summed E-state index contributed by atoms with van der Waals surface area (Å²) in [6, 6.07) is 12.3. The van der Waals surface area contributed by atoms with Gasteiger partial charge in [0.1, 0.15) is 5.75 Å². The number of nitrogens with zero attached hydrogens (tertiary/aromatic N) is 2. The fourth-order valence-corrected chi connectivity index (χ4v) is 3.74. The molecule has 7 nitrogen and oxygen atoms in total. The maximum Gasteiger partial charge on any atom is 0.223 e. The number of phenols is 1. The molecule has 0 saturated carbocycles. The fourth-order valence-electron chi connectivity index (χ4n) is 3.74. The molecule has 0 radical (unpaired) electrons. The Bertz CT molecular complexity index is 904. The molecule has 0 bridgehead atoms. The lowest BCUT2D eigenvalue weighted by molar-refractivity contribution is -0.131. The molecule has 1 amide bonds. The second-order valence-electron chi connectivity index (χ2n) is 7.52. The van der Waals surface area contributed by atoms with Crippen molar-refractivity contribution in [1.29, 1.82) is 0 Å². The Morgan fingerprint density at radius 1 is 0.867 bits per heavy atom. The monoisotopic (exact) mass is 410 g/mol. The van der Waals surface area contributed by atoms with Crippen LogP contribution in [0.4, 0.5) is 5.69 Å². The van der Waals surface area contributed by atoms with Gasteiger partial charge in [0.2, 0.25) is 5.91 Å². The van der Waals surface area contributed by atoms with Gasteiger partial charge in [0.15, 0.2) is 17.3 Å². The van der Waals surface area contributed by atoms with Gasteiger partial charge < -0.3 is 24.4 Å². The Hall–Kier alpha value is -3.22. The summed E-state index contributed by atoms with van der Waals surface area (Å²) in [7, 11) is 0. The maximum absolute atomic E-state index is 12.6. The van der Waals surface area contributed by atoms with Crippen molar-refractivity contribution in [3.63, 3.8) is 0 Å². The van der Waals surface area contributed by atoms with Crippen molar-refractivity contribution in [3.05, 3.63) is 48.0 Å². The number of aromatic hydroxyl groups is 1. The zero-order chi connectivity index (χ0) is 20.9. The lowest BCUT2D eigenvalue weighted by atomic mass is 10.1. The van der Waals surface area contributed by atoms with Crippen LogP contribution in [0.25, 0.3) is 0 Å². The number of hydrogen-bond acceptors (Lipinski definition) is 6. The van der Waals surface area contributed by atoms with E-state index < -0.39 is 0 Å². The Labute approximate surface area is 175 Å². The minimum atomic E-state index is -0.0678. The van der Waals surface area contributed by atoms with Crippen LogP contribution in [0.3, 0.4) is 0 Å². The molecule has 0 spiro atoms. The van der Waals surface area contributed by atoms with E-state index in [0.717, 1.165) is 25.2 Å². The molecule has 2 heterocycles. The molecular formula is C23H26N2O5. The van der Waals surface area contributed by atoms with E-state index in [1.165, 1.54) is 0 Å². The smallest absolute Gasteiger partial charge is 0.223 e. The Morgan fingerprint density at radius 2 is 1.57 bits per heavy atom. The molecule has 0 aromatic heterocycles. The minimum absolute atomic E-state index is 0.00282. The largest absolute Gasteiger partial charge is 0.508 e. The summed E-state index contributed by atoms with van der Waals surface area (Å²) >= 11 is 0. The Kier molecular flexibility index (Phi) is 6.07. The normalized spacial score (nSPS) is 16.1. The van der Waals surface area contributed by atoms with Crippen LogP contribution >= 0.6 is 0 Å². The lowest BCUT2D eigenvalue weighted by Crippen LogP contribution is -2.48. The fraction of sp³-hybridized carbons (Fsp3) is 0.391. The first-order valence-electron chi connectivity index (χ1n) is 10.3. The molecule has 0 atom stereocenters. The first kappa shape index (κ1) is 20.1. The van der Waals surface area contributed by atoms with Crippen molar-refractivity contribution in [1.82, 2.24) is 4.90 Å². The highest BCUT2D eigenvalue weighted by Gasteiger charge is 2.22. The number of fused-ring (bicyclic) bond motifs is 1. The van der Waals surface area contributed by atoms with E-state index in [1.54, 1.807) is 30.3 Å². The molecule has 1 fully saturated rings. The van der Waals surface area contributed by atoms with Gasteiger partial charge in [-0.05, 0) is 42.5 Å². The minimum Gasteiger partial charge on any atom is -0.508 e. The summed E-state index contributed by atoms with van der Waals surface area (Å²) < 4.78 is 11.2. The zero-order valence-corrected chi connectivity index (χ0v) is 16.9.